The van der Waals surface area contributed by atoms with Crippen molar-refractivity contribution in [2.45, 2.75) is 59.8 Å². The van der Waals surface area contributed by atoms with Crippen molar-refractivity contribution in [2.24, 2.45) is 23.5 Å². The Bertz CT molecular complexity index is 122. The average Bonchev–Trinajstić information content (AvgIpc) is 2.16. The van der Waals surface area contributed by atoms with Crippen molar-refractivity contribution in [3.05, 3.63) is 0 Å². The summed E-state index contributed by atoms with van der Waals surface area (Å²) in [5.41, 5.74) is 5.49. The van der Waals surface area contributed by atoms with Crippen molar-refractivity contribution < 1.29 is 0 Å². The van der Waals surface area contributed by atoms with Gasteiger partial charge in [0.05, 0.1) is 0 Å². The molecular weight excluding hydrogens is 170 g/mol. The smallest absolute Gasteiger partial charge is 0.00773 e. The molecule has 0 saturated carbocycles. The fourth-order valence-electron chi connectivity index (χ4n) is 2.02. The van der Waals surface area contributed by atoms with Gasteiger partial charge in [-0.2, -0.15) is 0 Å². The molecule has 0 aliphatic carbocycles. The van der Waals surface area contributed by atoms with Crippen molar-refractivity contribution >= 4 is 0 Å². The maximum Gasteiger partial charge on any atom is -0.00773 e. The zero-order chi connectivity index (χ0) is 11.0. The molecule has 0 heterocycles. The van der Waals surface area contributed by atoms with Crippen LogP contribution < -0.4 is 5.73 Å². The molecule has 0 aliphatic heterocycles. The summed E-state index contributed by atoms with van der Waals surface area (Å²) in [5.74, 6) is 2.64. The molecule has 0 amide bonds. The lowest BCUT2D eigenvalue weighted by molar-refractivity contribution is 0.295. The molecule has 0 aromatic carbocycles. The highest BCUT2D eigenvalue weighted by Gasteiger charge is 2.13. The highest BCUT2D eigenvalue weighted by atomic mass is 14.5. The molecule has 3 atom stereocenters. The summed E-state index contributed by atoms with van der Waals surface area (Å²) >= 11 is 0. The Hall–Kier alpha value is -0.0400. The summed E-state index contributed by atoms with van der Waals surface area (Å²) < 4.78 is 0. The summed E-state index contributed by atoms with van der Waals surface area (Å²) in [6, 6.07) is 0. The van der Waals surface area contributed by atoms with Gasteiger partial charge >= 0.3 is 0 Å². The van der Waals surface area contributed by atoms with Gasteiger partial charge in [-0.25, -0.2) is 0 Å². The van der Waals surface area contributed by atoms with Crippen LogP contribution in [0.25, 0.3) is 0 Å². The van der Waals surface area contributed by atoms with Gasteiger partial charge in [-0.1, -0.05) is 47.0 Å². The minimum absolute atomic E-state index is 0.855. The fourth-order valence-corrected chi connectivity index (χ4v) is 2.02. The first-order valence-electron chi connectivity index (χ1n) is 6.31. The van der Waals surface area contributed by atoms with Crippen LogP contribution in [0.3, 0.4) is 0 Å². The van der Waals surface area contributed by atoms with E-state index in [1.54, 1.807) is 0 Å². The number of hydrogen-bond donors (Lipinski definition) is 1. The Kier molecular flexibility index (Phi) is 8.26. The predicted molar refractivity (Wildman–Crippen MR) is 65.3 cm³/mol. The van der Waals surface area contributed by atoms with E-state index >= 15 is 0 Å². The molecular formula is C13H29N. The first-order chi connectivity index (χ1) is 6.61. The lowest BCUT2D eigenvalue weighted by Gasteiger charge is -2.22. The zero-order valence-electron chi connectivity index (χ0n) is 10.6. The minimum Gasteiger partial charge on any atom is -0.330 e. The van der Waals surface area contributed by atoms with Gasteiger partial charge in [-0.15, -0.1) is 0 Å². The minimum atomic E-state index is 0.855. The van der Waals surface area contributed by atoms with Crippen LogP contribution in [0.15, 0.2) is 0 Å². The topological polar surface area (TPSA) is 26.0 Å². The molecule has 0 aliphatic rings. The van der Waals surface area contributed by atoms with Crippen LogP contribution in [0.4, 0.5) is 0 Å². The quantitative estimate of drug-likeness (QED) is 0.591. The Morgan fingerprint density at radius 1 is 1.00 bits per heavy atom. The van der Waals surface area contributed by atoms with E-state index in [9.17, 15) is 0 Å². The lowest BCUT2D eigenvalue weighted by atomic mass is 9.84. The molecule has 0 saturated heterocycles. The molecule has 0 aromatic rings. The largest absolute Gasteiger partial charge is 0.330 e. The first kappa shape index (κ1) is 14.0. The summed E-state index contributed by atoms with van der Waals surface area (Å²) in [6.45, 7) is 10.3. The molecule has 86 valence electrons. The number of rotatable bonds is 8. The molecule has 2 unspecified atom stereocenters. The van der Waals surface area contributed by atoms with Crippen LogP contribution in [0, 0.1) is 17.8 Å². The van der Waals surface area contributed by atoms with Crippen molar-refractivity contribution in [2.75, 3.05) is 6.54 Å². The second-order valence-corrected chi connectivity index (χ2v) is 4.99. The number of nitrogens with two attached hydrogens (primary N) is 1. The first-order valence-corrected chi connectivity index (χ1v) is 6.31. The Morgan fingerprint density at radius 2 is 1.64 bits per heavy atom. The molecule has 1 heteroatoms. The van der Waals surface area contributed by atoms with E-state index < -0.39 is 0 Å². The van der Waals surface area contributed by atoms with Gasteiger partial charge in [0.1, 0.15) is 0 Å². The van der Waals surface area contributed by atoms with E-state index in [0.29, 0.717) is 0 Å². The van der Waals surface area contributed by atoms with Crippen LogP contribution in [0.5, 0.6) is 0 Å². The SMILES string of the molecule is CCC(C)[C@@H](C)CC(C)CCCCN. The molecule has 0 radical (unpaired) electrons. The molecule has 0 spiro atoms. The number of unbranched alkanes of at least 4 members (excludes halogenated alkanes) is 1. The van der Waals surface area contributed by atoms with Gasteiger partial charge < -0.3 is 5.73 Å². The van der Waals surface area contributed by atoms with E-state index in [1.165, 1.54) is 32.1 Å². The van der Waals surface area contributed by atoms with E-state index in [-0.39, 0.29) is 0 Å². The van der Waals surface area contributed by atoms with Gasteiger partial charge in [-0.05, 0) is 37.1 Å². The Morgan fingerprint density at radius 3 is 2.14 bits per heavy atom. The van der Waals surface area contributed by atoms with Crippen molar-refractivity contribution in [1.29, 1.82) is 0 Å². The van der Waals surface area contributed by atoms with E-state index in [1.807, 2.05) is 0 Å². The third-order valence-corrected chi connectivity index (χ3v) is 3.54. The highest BCUT2D eigenvalue weighted by molar-refractivity contribution is 4.64. The predicted octanol–water partition coefficient (Wildman–Crippen LogP) is 3.82. The standard InChI is InChI=1S/C13H29N/c1-5-12(3)13(4)10-11(2)8-6-7-9-14/h11-13H,5-10,14H2,1-4H3/t11?,12?,13-/m0/s1. The number of hydrogen-bond acceptors (Lipinski definition) is 1. The molecule has 2 N–H and O–H groups in total. The normalized spacial score (nSPS) is 17.8. The van der Waals surface area contributed by atoms with E-state index in [0.717, 1.165) is 24.3 Å². The van der Waals surface area contributed by atoms with E-state index in [4.69, 9.17) is 5.73 Å². The second-order valence-electron chi connectivity index (χ2n) is 4.99. The van der Waals surface area contributed by atoms with Gasteiger partial charge in [0, 0.05) is 0 Å². The van der Waals surface area contributed by atoms with Gasteiger partial charge in [0.15, 0.2) is 0 Å². The summed E-state index contributed by atoms with van der Waals surface area (Å²) in [4.78, 5) is 0. The van der Waals surface area contributed by atoms with Crippen LogP contribution in [0.2, 0.25) is 0 Å². The van der Waals surface area contributed by atoms with Crippen LogP contribution in [0.1, 0.15) is 59.8 Å². The Labute approximate surface area is 90.5 Å². The summed E-state index contributed by atoms with van der Waals surface area (Å²) in [6.07, 6.45) is 6.57. The van der Waals surface area contributed by atoms with Crippen molar-refractivity contribution in [3.63, 3.8) is 0 Å². The molecule has 0 aromatic heterocycles. The Balaban J connectivity index is 3.54. The van der Waals surface area contributed by atoms with E-state index in [2.05, 4.69) is 27.7 Å². The third-order valence-electron chi connectivity index (χ3n) is 3.54. The summed E-state index contributed by atoms with van der Waals surface area (Å²) in [5, 5.41) is 0. The van der Waals surface area contributed by atoms with Crippen LogP contribution in [-0.2, 0) is 0 Å². The van der Waals surface area contributed by atoms with Crippen molar-refractivity contribution in [3.8, 4) is 0 Å². The molecule has 0 rings (SSSR count). The maximum absolute atomic E-state index is 5.49. The molecule has 0 bridgehead atoms. The van der Waals surface area contributed by atoms with Crippen molar-refractivity contribution in [1.82, 2.24) is 0 Å². The monoisotopic (exact) mass is 199 g/mol. The molecule has 1 nitrogen and oxygen atoms in total. The third kappa shape index (κ3) is 6.42. The lowest BCUT2D eigenvalue weighted by Crippen LogP contribution is -2.11. The van der Waals surface area contributed by atoms with Crippen LogP contribution in [-0.4, -0.2) is 6.54 Å². The second kappa shape index (κ2) is 8.28. The van der Waals surface area contributed by atoms with Gasteiger partial charge in [-0.3, -0.25) is 0 Å². The maximum atomic E-state index is 5.49. The average molecular weight is 199 g/mol. The van der Waals surface area contributed by atoms with Crippen LogP contribution >= 0.6 is 0 Å². The molecule has 0 fully saturated rings. The zero-order valence-corrected chi connectivity index (χ0v) is 10.6. The van der Waals surface area contributed by atoms with Gasteiger partial charge in [0.25, 0.3) is 0 Å². The van der Waals surface area contributed by atoms with Gasteiger partial charge in [0.2, 0.25) is 0 Å². The highest BCUT2D eigenvalue weighted by Crippen LogP contribution is 2.24. The fraction of sp³-hybridized carbons (Fsp3) is 1.00. The summed E-state index contributed by atoms with van der Waals surface area (Å²) in [7, 11) is 0. The molecule has 14 heavy (non-hydrogen) atoms.